The van der Waals surface area contributed by atoms with Crippen molar-refractivity contribution in [2.24, 2.45) is 5.92 Å². The number of hydrogen-bond acceptors (Lipinski definition) is 3. The lowest BCUT2D eigenvalue weighted by Gasteiger charge is -2.37. The fourth-order valence-corrected chi connectivity index (χ4v) is 3.01. The Balaban J connectivity index is 1.83. The van der Waals surface area contributed by atoms with Gasteiger partial charge in [-0.2, -0.15) is 0 Å². The molecule has 1 saturated carbocycles. The molecule has 1 fully saturated rings. The molecular weight excluding hydrogens is 262 g/mol. The molecule has 1 unspecified atom stereocenters. The van der Waals surface area contributed by atoms with Crippen LogP contribution >= 0.6 is 0 Å². The topological polar surface area (TPSA) is 30.5 Å². The van der Waals surface area contributed by atoms with E-state index in [9.17, 15) is 0 Å². The summed E-state index contributed by atoms with van der Waals surface area (Å²) in [7, 11) is 2.05. The molecule has 0 heterocycles. The van der Waals surface area contributed by atoms with Crippen LogP contribution in [0.25, 0.3) is 0 Å². The van der Waals surface area contributed by atoms with Crippen molar-refractivity contribution in [1.82, 2.24) is 5.32 Å². The maximum atomic E-state index is 5.65. The number of benzene rings is 1. The van der Waals surface area contributed by atoms with Gasteiger partial charge in [-0.3, -0.25) is 0 Å². The smallest absolute Gasteiger partial charge is 0.119 e. The normalized spacial score (nSPS) is 22.6. The largest absolute Gasteiger partial charge is 0.494 e. The van der Waals surface area contributed by atoms with Gasteiger partial charge in [-0.25, -0.2) is 0 Å². The highest BCUT2D eigenvalue weighted by Gasteiger charge is 2.31. The zero-order chi connectivity index (χ0) is 15.1. The van der Waals surface area contributed by atoms with Crippen molar-refractivity contribution >= 4 is 0 Å². The summed E-state index contributed by atoms with van der Waals surface area (Å²) in [6, 6.07) is 8.96. The molecule has 0 aromatic heterocycles. The zero-order valence-corrected chi connectivity index (χ0v) is 13.6. The molecular formula is C18H29NO2. The lowest BCUT2D eigenvalue weighted by Crippen LogP contribution is -2.34. The van der Waals surface area contributed by atoms with Crippen molar-refractivity contribution in [3.8, 4) is 5.75 Å². The highest BCUT2D eigenvalue weighted by molar-refractivity contribution is 5.29. The van der Waals surface area contributed by atoms with Gasteiger partial charge in [-0.15, -0.1) is 0 Å². The number of nitrogens with one attached hydrogen (secondary N) is 1. The molecule has 0 radical (unpaired) electrons. The van der Waals surface area contributed by atoms with E-state index >= 15 is 0 Å². The summed E-state index contributed by atoms with van der Waals surface area (Å²) in [5.74, 6) is 1.76. The molecule has 1 N–H and O–H groups in total. The average molecular weight is 291 g/mol. The van der Waals surface area contributed by atoms with Crippen molar-refractivity contribution in [2.75, 3.05) is 20.3 Å². The molecule has 0 amide bonds. The second kappa shape index (κ2) is 8.40. The Kier molecular flexibility index (Phi) is 6.52. The zero-order valence-electron chi connectivity index (χ0n) is 13.6. The van der Waals surface area contributed by atoms with E-state index in [2.05, 4.69) is 43.4 Å². The van der Waals surface area contributed by atoms with E-state index in [1.54, 1.807) is 0 Å². The average Bonchev–Trinajstić information content (AvgIpc) is 2.48. The Morgan fingerprint density at radius 1 is 1.19 bits per heavy atom. The molecule has 3 nitrogen and oxygen atoms in total. The van der Waals surface area contributed by atoms with Crippen LogP contribution in [0.15, 0.2) is 24.3 Å². The van der Waals surface area contributed by atoms with E-state index in [0.29, 0.717) is 12.1 Å². The number of hydrogen-bond donors (Lipinski definition) is 1. The molecule has 3 heteroatoms. The standard InChI is InChI=1S/C18H29NO2/c1-4-10-21-16-8-6-15(7-9-16)18(19-3)13-14-11-17(12-14)20-5-2/h6-9,14,17-19H,4-5,10-13H2,1-3H3. The summed E-state index contributed by atoms with van der Waals surface area (Å²) in [4.78, 5) is 0. The quantitative estimate of drug-likeness (QED) is 0.747. The summed E-state index contributed by atoms with van der Waals surface area (Å²) in [5, 5.41) is 3.45. The van der Waals surface area contributed by atoms with E-state index in [1.807, 2.05) is 7.05 Å². The van der Waals surface area contributed by atoms with Crippen molar-refractivity contribution in [3.63, 3.8) is 0 Å². The summed E-state index contributed by atoms with van der Waals surface area (Å²) in [6.07, 6.45) is 5.16. The Labute approximate surface area is 129 Å². The van der Waals surface area contributed by atoms with Crippen LogP contribution in [0.5, 0.6) is 5.75 Å². The molecule has 21 heavy (non-hydrogen) atoms. The van der Waals surface area contributed by atoms with Gasteiger partial charge in [0.05, 0.1) is 12.7 Å². The van der Waals surface area contributed by atoms with E-state index in [0.717, 1.165) is 31.3 Å². The van der Waals surface area contributed by atoms with Gasteiger partial charge in [-0.05, 0) is 63.3 Å². The first-order valence-electron chi connectivity index (χ1n) is 8.28. The van der Waals surface area contributed by atoms with Gasteiger partial charge in [0.2, 0.25) is 0 Å². The molecule has 1 aliphatic carbocycles. The first kappa shape index (κ1) is 16.3. The van der Waals surface area contributed by atoms with Crippen molar-refractivity contribution in [3.05, 3.63) is 29.8 Å². The molecule has 0 saturated heterocycles. The van der Waals surface area contributed by atoms with Crippen LogP contribution in [0.4, 0.5) is 0 Å². The summed E-state index contributed by atoms with van der Waals surface area (Å²) in [6.45, 7) is 5.83. The molecule has 1 atom stereocenters. The van der Waals surface area contributed by atoms with Crippen LogP contribution in [0.3, 0.4) is 0 Å². The van der Waals surface area contributed by atoms with Gasteiger partial charge >= 0.3 is 0 Å². The molecule has 1 aromatic carbocycles. The van der Waals surface area contributed by atoms with E-state index in [-0.39, 0.29) is 0 Å². The van der Waals surface area contributed by atoms with E-state index in [1.165, 1.54) is 24.8 Å². The van der Waals surface area contributed by atoms with Gasteiger partial charge in [0.15, 0.2) is 0 Å². The minimum atomic E-state index is 0.429. The first-order chi connectivity index (χ1) is 10.3. The third-order valence-corrected chi connectivity index (χ3v) is 4.27. The third-order valence-electron chi connectivity index (χ3n) is 4.27. The van der Waals surface area contributed by atoms with E-state index < -0.39 is 0 Å². The molecule has 0 aliphatic heterocycles. The molecule has 0 spiro atoms. The molecule has 1 aromatic rings. The SMILES string of the molecule is CCCOc1ccc(C(CC2CC(OCC)C2)NC)cc1. The predicted octanol–water partition coefficient (Wildman–Crippen LogP) is 3.94. The van der Waals surface area contributed by atoms with Gasteiger partial charge in [-0.1, -0.05) is 19.1 Å². The monoisotopic (exact) mass is 291 g/mol. The van der Waals surface area contributed by atoms with Gasteiger partial charge in [0, 0.05) is 12.6 Å². The Bertz CT molecular complexity index is 398. The minimum Gasteiger partial charge on any atom is -0.494 e. The van der Waals surface area contributed by atoms with Crippen LogP contribution in [-0.4, -0.2) is 26.4 Å². The molecule has 2 rings (SSSR count). The molecule has 0 bridgehead atoms. The van der Waals surface area contributed by atoms with Gasteiger partial charge in [0.25, 0.3) is 0 Å². The van der Waals surface area contributed by atoms with Gasteiger partial charge < -0.3 is 14.8 Å². The maximum absolute atomic E-state index is 5.65. The van der Waals surface area contributed by atoms with Crippen LogP contribution in [0.1, 0.15) is 51.1 Å². The number of ether oxygens (including phenoxy) is 2. The first-order valence-corrected chi connectivity index (χ1v) is 8.28. The van der Waals surface area contributed by atoms with Crippen molar-refractivity contribution in [1.29, 1.82) is 0 Å². The second-order valence-corrected chi connectivity index (χ2v) is 5.91. The van der Waals surface area contributed by atoms with Crippen LogP contribution in [-0.2, 0) is 4.74 Å². The predicted molar refractivity (Wildman–Crippen MR) is 86.8 cm³/mol. The van der Waals surface area contributed by atoms with E-state index in [4.69, 9.17) is 9.47 Å². The molecule has 1 aliphatic rings. The van der Waals surface area contributed by atoms with Crippen molar-refractivity contribution in [2.45, 2.75) is 51.7 Å². The number of rotatable bonds is 9. The summed E-state index contributed by atoms with van der Waals surface area (Å²) < 4.78 is 11.3. The Morgan fingerprint density at radius 2 is 1.90 bits per heavy atom. The summed E-state index contributed by atoms with van der Waals surface area (Å²) in [5.41, 5.74) is 1.35. The third kappa shape index (κ3) is 4.72. The Hall–Kier alpha value is -1.06. The maximum Gasteiger partial charge on any atom is 0.119 e. The highest BCUT2D eigenvalue weighted by atomic mass is 16.5. The minimum absolute atomic E-state index is 0.429. The second-order valence-electron chi connectivity index (χ2n) is 5.91. The van der Waals surface area contributed by atoms with Crippen LogP contribution in [0.2, 0.25) is 0 Å². The fourth-order valence-electron chi connectivity index (χ4n) is 3.01. The highest BCUT2D eigenvalue weighted by Crippen LogP contribution is 2.37. The summed E-state index contributed by atoms with van der Waals surface area (Å²) >= 11 is 0. The molecule has 118 valence electrons. The van der Waals surface area contributed by atoms with Crippen LogP contribution < -0.4 is 10.1 Å². The lowest BCUT2D eigenvalue weighted by atomic mass is 9.77. The fraction of sp³-hybridized carbons (Fsp3) is 0.667. The van der Waals surface area contributed by atoms with Gasteiger partial charge in [0.1, 0.15) is 5.75 Å². The Morgan fingerprint density at radius 3 is 2.48 bits per heavy atom. The lowest BCUT2D eigenvalue weighted by molar-refractivity contribution is -0.0289. The van der Waals surface area contributed by atoms with Crippen molar-refractivity contribution < 1.29 is 9.47 Å². The van der Waals surface area contributed by atoms with Crippen LogP contribution in [0, 0.1) is 5.92 Å².